The number of carbonyl (C=O) groups is 3. The zero-order valence-corrected chi connectivity index (χ0v) is 12.0. The number of fused-ring (bicyclic) bond motifs is 1. The van der Waals surface area contributed by atoms with Crippen molar-refractivity contribution in [1.82, 2.24) is 4.98 Å². The number of hydrogen-bond donors (Lipinski definition) is 0. The quantitative estimate of drug-likeness (QED) is 0.786. The van der Waals surface area contributed by atoms with Crippen molar-refractivity contribution in [3.63, 3.8) is 0 Å². The van der Waals surface area contributed by atoms with Crippen molar-refractivity contribution in [3.05, 3.63) is 51.3 Å². The molecule has 0 atom stereocenters. The van der Waals surface area contributed by atoms with E-state index in [9.17, 15) is 14.4 Å². The van der Waals surface area contributed by atoms with Crippen LogP contribution in [0.1, 0.15) is 33.5 Å². The van der Waals surface area contributed by atoms with Crippen LogP contribution >= 0.6 is 15.9 Å². The minimum atomic E-state index is -0.408. The molecular weight excluding hydrogens is 310 g/mol. The fourth-order valence-electron chi connectivity index (χ4n) is 1.81. The monoisotopic (exact) mass is 319 g/mol. The number of aromatic nitrogens is 1. The van der Waals surface area contributed by atoms with Crippen molar-refractivity contribution >= 4 is 33.3 Å². The molecule has 0 bridgehead atoms. The third kappa shape index (κ3) is 2.10. The van der Waals surface area contributed by atoms with E-state index in [2.05, 4.69) is 27.5 Å². The number of rotatable bonds is 2. The van der Waals surface area contributed by atoms with E-state index in [0.29, 0.717) is 5.69 Å². The van der Waals surface area contributed by atoms with Gasteiger partial charge < -0.3 is 0 Å². The summed E-state index contributed by atoms with van der Waals surface area (Å²) < 4.78 is 0.0447. The number of ketones is 3. The van der Waals surface area contributed by atoms with Gasteiger partial charge in [-0.25, -0.2) is 4.98 Å². The highest BCUT2D eigenvalue weighted by molar-refractivity contribution is 9.12. The van der Waals surface area contributed by atoms with Crippen LogP contribution in [0.4, 0.5) is 0 Å². The van der Waals surface area contributed by atoms with E-state index in [0.717, 1.165) is 0 Å². The average molecular weight is 320 g/mol. The normalized spacial score (nSPS) is 14.5. The van der Waals surface area contributed by atoms with Gasteiger partial charge in [0, 0.05) is 11.3 Å². The Morgan fingerprint density at radius 1 is 1.26 bits per heavy atom. The summed E-state index contributed by atoms with van der Waals surface area (Å²) in [5, 5.41) is 0. The standard InChI is InChI=1S/C14H10BrNO3/c1-6-4-5-9-12(16-6)14(19)11(15)10(13(9)18)7(2)8(3)17/h4-5H,2H2,1,3H3. The van der Waals surface area contributed by atoms with E-state index in [1.807, 2.05) is 0 Å². The molecule has 0 N–H and O–H groups in total. The molecular formula is C14H10BrNO3. The first-order valence-electron chi connectivity index (χ1n) is 5.51. The van der Waals surface area contributed by atoms with Crippen molar-refractivity contribution in [2.24, 2.45) is 0 Å². The fourth-order valence-corrected chi connectivity index (χ4v) is 2.42. The first-order chi connectivity index (χ1) is 8.84. The van der Waals surface area contributed by atoms with E-state index in [-0.39, 0.29) is 32.7 Å². The molecule has 0 amide bonds. The molecule has 0 radical (unpaired) electrons. The lowest BCUT2D eigenvalue weighted by molar-refractivity contribution is -0.113. The van der Waals surface area contributed by atoms with E-state index in [1.165, 1.54) is 6.92 Å². The Morgan fingerprint density at radius 2 is 1.89 bits per heavy atom. The molecule has 1 heterocycles. The van der Waals surface area contributed by atoms with Crippen molar-refractivity contribution in [1.29, 1.82) is 0 Å². The Kier molecular flexibility index (Phi) is 3.32. The molecule has 0 unspecified atom stereocenters. The number of halogens is 1. The van der Waals surface area contributed by atoms with Crippen LogP contribution in [0.25, 0.3) is 0 Å². The SMILES string of the molecule is C=C(C(C)=O)C1=C(Br)C(=O)c2nc(C)ccc2C1=O. The summed E-state index contributed by atoms with van der Waals surface area (Å²) in [6.07, 6.45) is 0. The first kappa shape index (κ1) is 13.5. The molecule has 19 heavy (non-hydrogen) atoms. The molecule has 1 aromatic heterocycles. The van der Waals surface area contributed by atoms with Crippen molar-refractivity contribution in [2.75, 3.05) is 0 Å². The molecule has 96 valence electrons. The molecule has 0 aliphatic heterocycles. The molecule has 5 heteroatoms. The van der Waals surface area contributed by atoms with Crippen LogP contribution in [0.2, 0.25) is 0 Å². The number of aryl methyl sites for hydroxylation is 1. The third-order valence-electron chi connectivity index (χ3n) is 2.87. The first-order valence-corrected chi connectivity index (χ1v) is 6.31. The van der Waals surface area contributed by atoms with Crippen LogP contribution in [0.3, 0.4) is 0 Å². The van der Waals surface area contributed by atoms with Gasteiger partial charge in [0.05, 0.1) is 15.6 Å². The lowest BCUT2D eigenvalue weighted by atomic mass is 9.88. The minimum absolute atomic E-state index is 0.0238. The summed E-state index contributed by atoms with van der Waals surface area (Å²) in [7, 11) is 0. The maximum atomic E-state index is 12.3. The maximum Gasteiger partial charge on any atom is 0.219 e. The number of allylic oxidation sites excluding steroid dienone is 3. The Balaban J connectivity index is 2.69. The van der Waals surface area contributed by atoms with Crippen LogP contribution in [-0.4, -0.2) is 22.3 Å². The molecule has 1 aromatic rings. The van der Waals surface area contributed by atoms with E-state index >= 15 is 0 Å². The highest BCUT2D eigenvalue weighted by Crippen LogP contribution is 2.32. The largest absolute Gasteiger partial charge is 0.295 e. The topological polar surface area (TPSA) is 64.1 Å². The van der Waals surface area contributed by atoms with Gasteiger partial charge in [0.2, 0.25) is 5.78 Å². The van der Waals surface area contributed by atoms with Crippen LogP contribution < -0.4 is 0 Å². The van der Waals surface area contributed by atoms with Crippen LogP contribution in [0, 0.1) is 6.92 Å². The van der Waals surface area contributed by atoms with Crippen LogP contribution in [-0.2, 0) is 4.79 Å². The van der Waals surface area contributed by atoms with E-state index < -0.39 is 11.6 Å². The van der Waals surface area contributed by atoms with Gasteiger partial charge in [-0.15, -0.1) is 0 Å². The summed E-state index contributed by atoms with van der Waals surface area (Å²) in [5.41, 5.74) is 1.01. The predicted octanol–water partition coefficient (Wildman–Crippen LogP) is 2.56. The Labute approximate surface area is 118 Å². The summed E-state index contributed by atoms with van der Waals surface area (Å²) in [6, 6.07) is 3.20. The third-order valence-corrected chi connectivity index (χ3v) is 3.62. The van der Waals surface area contributed by atoms with Gasteiger partial charge in [-0.3, -0.25) is 14.4 Å². The lowest BCUT2D eigenvalue weighted by Crippen LogP contribution is -2.23. The second-order valence-electron chi connectivity index (χ2n) is 4.23. The number of carbonyl (C=O) groups excluding carboxylic acids is 3. The second kappa shape index (κ2) is 4.66. The Bertz CT molecular complexity index is 686. The van der Waals surface area contributed by atoms with Crippen molar-refractivity contribution < 1.29 is 14.4 Å². The number of hydrogen-bond acceptors (Lipinski definition) is 4. The molecule has 0 saturated carbocycles. The number of Topliss-reactive ketones (excluding diaryl/α,β-unsaturated/α-hetero) is 3. The van der Waals surface area contributed by atoms with Gasteiger partial charge in [0.25, 0.3) is 0 Å². The fraction of sp³-hybridized carbons (Fsp3) is 0.143. The minimum Gasteiger partial charge on any atom is -0.295 e. The Morgan fingerprint density at radius 3 is 2.47 bits per heavy atom. The average Bonchev–Trinajstić information content (AvgIpc) is 2.35. The maximum absolute atomic E-state index is 12.3. The zero-order valence-electron chi connectivity index (χ0n) is 10.4. The van der Waals surface area contributed by atoms with Gasteiger partial charge in [0.15, 0.2) is 11.6 Å². The molecule has 4 nitrogen and oxygen atoms in total. The molecule has 1 aliphatic carbocycles. The van der Waals surface area contributed by atoms with Gasteiger partial charge in [-0.05, 0) is 41.9 Å². The van der Waals surface area contributed by atoms with Gasteiger partial charge in [0.1, 0.15) is 5.69 Å². The summed E-state index contributed by atoms with van der Waals surface area (Å²) in [5.74, 6) is -1.17. The molecule has 0 fully saturated rings. The number of nitrogens with zero attached hydrogens (tertiary/aromatic N) is 1. The predicted molar refractivity (Wildman–Crippen MR) is 73.4 cm³/mol. The molecule has 2 rings (SSSR count). The molecule has 0 aromatic carbocycles. The molecule has 0 saturated heterocycles. The van der Waals surface area contributed by atoms with Crippen molar-refractivity contribution in [2.45, 2.75) is 13.8 Å². The molecule has 0 spiro atoms. The van der Waals surface area contributed by atoms with E-state index in [4.69, 9.17) is 0 Å². The molecule has 1 aliphatic rings. The highest BCUT2D eigenvalue weighted by Gasteiger charge is 2.34. The smallest absolute Gasteiger partial charge is 0.219 e. The number of pyridine rings is 1. The summed E-state index contributed by atoms with van der Waals surface area (Å²) in [6.45, 7) is 6.61. The second-order valence-corrected chi connectivity index (χ2v) is 5.02. The van der Waals surface area contributed by atoms with Gasteiger partial charge in [-0.1, -0.05) is 6.58 Å². The van der Waals surface area contributed by atoms with Gasteiger partial charge >= 0.3 is 0 Å². The lowest BCUT2D eigenvalue weighted by Gasteiger charge is -2.17. The van der Waals surface area contributed by atoms with Crippen molar-refractivity contribution in [3.8, 4) is 0 Å². The summed E-state index contributed by atoms with van der Waals surface area (Å²) >= 11 is 3.08. The van der Waals surface area contributed by atoms with Gasteiger partial charge in [-0.2, -0.15) is 0 Å². The van der Waals surface area contributed by atoms with Crippen LogP contribution in [0.15, 0.2) is 34.3 Å². The Hall–Kier alpha value is -1.88. The van der Waals surface area contributed by atoms with Crippen LogP contribution in [0.5, 0.6) is 0 Å². The summed E-state index contributed by atoms with van der Waals surface area (Å²) in [4.78, 5) is 40.0. The zero-order chi connectivity index (χ0) is 14.3. The highest BCUT2D eigenvalue weighted by atomic mass is 79.9. The van der Waals surface area contributed by atoms with E-state index in [1.54, 1.807) is 19.1 Å².